The maximum atomic E-state index is 10.3. The van der Waals surface area contributed by atoms with Gasteiger partial charge in [0, 0.05) is 21.2 Å². The molecule has 28 heavy (non-hydrogen) atoms. The molecule has 2 aliphatic carbocycles. The lowest BCUT2D eigenvalue weighted by Crippen LogP contribution is -2.33. The number of amidine groups is 1. The van der Waals surface area contributed by atoms with Crippen LogP contribution in [-0.2, 0) is 17.6 Å². The second-order valence-corrected chi connectivity index (χ2v) is 8.70. The first-order valence-electron chi connectivity index (χ1n) is 9.97. The summed E-state index contributed by atoms with van der Waals surface area (Å²) in [5.74, 6) is 1.58. The van der Waals surface area contributed by atoms with Gasteiger partial charge in [-0.05, 0) is 73.2 Å². The Hall–Kier alpha value is -2.53. The summed E-state index contributed by atoms with van der Waals surface area (Å²) in [6, 6.07) is 6.75. The molecule has 0 amide bonds. The number of aliphatic hydroxyl groups excluding tert-OH is 1. The molecular formula is C23H24N2O2S. The maximum absolute atomic E-state index is 10.3. The van der Waals surface area contributed by atoms with E-state index >= 15 is 0 Å². The van der Waals surface area contributed by atoms with Gasteiger partial charge in [-0.2, -0.15) is 4.99 Å². The van der Waals surface area contributed by atoms with Crippen molar-refractivity contribution in [3.05, 3.63) is 69.6 Å². The number of thiophene rings is 1. The van der Waals surface area contributed by atoms with E-state index in [2.05, 4.69) is 28.5 Å². The molecule has 4 nitrogen and oxygen atoms in total. The molecule has 0 bridgehead atoms. The number of fused-ring (bicyclic) bond motifs is 3. The molecule has 144 valence electrons. The van der Waals surface area contributed by atoms with E-state index in [1.54, 1.807) is 23.6 Å². The second-order valence-electron chi connectivity index (χ2n) is 7.56. The Bertz CT molecular complexity index is 1060. The van der Waals surface area contributed by atoms with E-state index in [4.69, 9.17) is 4.74 Å². The average Bonchev–Trinajstić information content (AvgIpc) is 3.11. The predicted molar refractivity (Wildman–Crippen MR) is 115 cm³/mol. The molecule has 2 heterocycles. The smallest absolute Gasteiger partial charge is 0.213 e. The Morgan fingerprint density at radius 2 is 2.11 bits per heavy atom. The SMILES string of the molecule is COC1=CC(c2ccc3sc4c(c3c2)CCCC4)NC(C2=C(O)C=CCC2)=N1. The molecule has 1 unspecified atom stereocenters. The van der Waals surface area contributed by atoms with Gasteiger partial charge in [0.15, 0.2) is 0 Å². The van der Waals surface area contributed by atoms with Crippen LogP contribution in [0.2, 0.25) is 0 Å². The van der Waals surface area contributed by atoms with Crippen LogP contribution in [-0.4, -0.2) is 18.1 Å². The fourth-order valence-corrected chi connectivity index (χ4v) is 5.60. The van der Waals surface area contributed by atoms with Crippen LogP contribution in [0.3, 0.4) is 0 Å². The van der Waals surface area contributed by atoms with E-state index in [1.807, 2.05) is 23.5 Å². The Balaban J connectivity index is 1.53. The Kier molecular flexibility index (Phi) is 4.47. The highest BCUT2D eigenvalue weighted by molar-refractivity contribution is 7.19. The number of benzene rings is 1. The van der Waals surface area contributed by atoms with Crippen LogP contribution in [0, 0.1) is 0 Å². The summed E-state index contributed by atoms with van der Waals surface area (Å²) in [5, 5.41) is 15.2. The Morgan fingerprint density at radius 3 is 2.96 bits per heavy atom. The maximum Gasteiger partial charge on any atom is 0.213 e. The number of nitrogens with one attached hydrogen (secondary N) is 1. The molecule has 3 aliphatic rings. The number of methoxy groups -OCH3 is 1. The number of aryl methyl sites for hydroxylation is 2. The lowest BCUT2D eigenvalue weighted by molar-refractivity contribution is 0.282. The monoisotopic (exact) mass is 392 g/mol. The van der Waals surface area contributed by atoms with Crippen LogP contribution < -0.4 is 5.32 Å². The number of hydrogen-bond acceptors (Lipinski definition) is 5. The van der Waals surface area contributed by atoms with Crippen molar-refractivity contribution in [2.45, 2.75) is 44.6 Å². The summed E-state index contributed by atoms with van der Waals surface area (Å²) < 4.78 is 6.86. The first-order valence-corrected chi connectivity index (χ1v) is 10.8. The third kappa shape index (κ3) is 3.04. The van der Waals surface area contributed by atoms with Crippen molar-refractivity contribution in [2.24, 2.45) is 4.99 Å². The summed E-state index contributed by atoms with van der Waals surface area (Å²) >= 11 is 1.95. The van der Waals surface area contributed by atoms with Gasteiger partial charge >= 0.3 is 0 Å². The highest BCUT2D eigenvalue weighted by Gasteiger charge is 2.24. The first-order chi connectivity index (χ1) is 13.7. The molecule has 1 aromatic heterocycles. The zero-order chi connectivity index (χ0) is 19.1. The Labute approximate surface area is 168 Å². The predicted octanol–water partition coefficient (Wildman–Crippen LogP) is 5.47. The van der Waals surface area contributed by atoms with Crippen LogP contribution in [0.4, 0.5) is 0 Å². The molecule has 5 heteroatoms. The second kappa shape index (κ2) is 7.13. The largest absolute Gasteiger partial charge is 0.508 e. The van der Waals surface area contributed by atoms with Crippen LogP contribution in [0.1, 0.15) is 47.7 Å². The van der Waals surface area contributed by atoms with Crippen LogP contribution in [0.5, 0.6) is 0 Å². The van der Waals surface area contributed by atoms with Crippen LogP contribution in [0.25, 0.3) is 10.1 Å². The lowest BCUT2D eigenvalue weighted by Gasteiger charge is -2.25. The highest BCUT2D eigenvalue weighted by Crippen LogP contribution is 2.38. The van der Waals surface area contributed by atoms with Gasteiger partial charge in [0.25, 0.3) is 0 Å². The highest BCUT2D eigenvalue weighted by atomic mass is 32.1. The topological polar surface area (TPSA) is 53.8 Å². The lowest BCUT2D eigenvalue weighted by atomic mass is 9.94. The summed E-state index contributed by atoms with van der Waals surface area (Å²) in [5.41, 5.74) is 3.60. The third-order valence-corrected chi connectivity index (χ3v) is 7.08. The molecule has 0 saturated heterocycles. The number of nitrogens with zero attached hydrogens (tertiary/aromatic N) is 1. The minimum atomic E-state index is -0.0304. The van der Waals surface area contributed by atoms with Gasteiger partial charge < -0.3 is 15.2 Å². The standard InChI is InChI=1S/C23H24N2O2S/c1-27-22-13-18(24-23(25-22)16-7-2-4-8-19(16)26)14-10-11-21-17(12-14)15-6-3-5-9-20(15)28-21/h4,8,10-13,18,26H,2-3,5-7,9H2,1H3,(H,24,25). The van der Waals surface area contributed by atoms with E-state index in [0.29, 0.717) is 11.7 Å². The van der Waals surface area contributed by atoms with Crippen molar-refractivity contribution >= 4 is 27.3 Å². The van der Waals surface area contributed by atoms with Gasteiger partial charge in [-0.3, -0.25) is 0 Å². The molecule has 2 N–H and O–H groups in total. The van der Waals surface area contributed by atoms with Gasteiger partial charge in [0.2, 0.25) is 5.88 Å². The van der Waals surface area contributed by atoms with Crippen molar-refractivity contribution in [2.75, 3.05) is 7.11 Å². The molecule has 5 rings (SSSR count). The third-order valence-electron chi connectivity index (χ3n) is 5.80. The van der Waals surface area contributed by atoms with E-state index < -0.39 is 0 Å². The molecule has 0 spiro atoms. The van der Waals surface area contributed by atoms with Crippen molar-refractivity contribution in [1.29, 1.82) is 0 Å². The zero-order valence-electron chi connectivity index (χ0n) is 16.0. The van der Waals surface area contributed by atoms with Gasteiger partial charge in [-0.1, -0.05) is 12.1 Å². The fourth-order valence-electron chi connectivity index (χ4n) is 4.32. The number of rotatable bonds is 3. The van der Waals surface area contributed by atoms with E-state index in [-0.39, 0.29) is 11.8 Å². The molecule has 0 fully saturated rings. The normalized spacial score (nSPS) is 21.8. The van der Waals surface area contributed by atoms with E-state index in [1.165, 1.54) is 41.3 Å². The molecule has 0 saturated carbocycles. The summed E-state index contributed by atoms with van der Waals surface area (Å²) in [7, 11) is 1.64. The quantitative estimate of drug-likeness (QED) is 0.728. The number of aliphatic hydroxyl groups is 1. The van der Waals surface area contributed by atoms with Gasteiger partial charge in [0.05, 0.1) is 13.2 Å². The molecular weight excluding hydrogens is 368 g/mol. The number of aliphatic imine (C=N–C) groups is 1. The van der Waals surface area contributed by atoms with Crippen molar-refractivity contribution in [1.82, 2.24) is 5.32 Å². The number of ether oxygens (including phenoxy) is 1. The average molecular weight is 393 g/mol. The number of allylic oxidation sites excluding steroid dienone is 2. The molecule has 1 aliphatic heterocycles. The summed E-state index contributed by atoms with van der Waals surface area (Å²) in [4.78, 5) is 6.13. The molecule has 1 aromatic carbocycles. The summed E-state index contributed by atoms with van der Waals surface area (Å²) in [6.07, 6.45) is 12.4. The van der Waals surface area contributed by atoms with Crippen LogP contribution >= 0.6 is 11.3 Å². The van der Waals surface area contributed by atoms with Crippen molar-refractivity contribution in [3.63, 3.8) is 0 Å². The summed E-state index contributed by atoms with van der Waals surface area (Å²) in [6.45, 7) is 0. The van der Waals surface area contributed by atoms with Gasteiger partial charge in [-0.25, -0.2) is 0 Å². The van der Waals surface area contributed by atoms with E-state index in [0.717, 1.165) is 18.4 Å². The van der Waals surface area contributed by atoms with Crippen LogP contribution in [0.15, 0.2) is 58.6 Å². The minimum Gasteiger partial charge on any atom is -0.508 e. The van der Waals surface area contributed by atoms with E-state index in [9.17, 15) is 5.11 Å². The van der Waals surface area contributed by atoms with Gasteiger partial charge in [-0.15, -0.1) is 11.3 Å². The van der Waals surface area contributed by atoms with Crippen molar-refractivity contribution < 1.29 is 9.84 Å². The van der Waals surface area contributed by atoms with Gasteiger partial charge in [0.1, 0.15) is 11.6 Å². The zero-order valence-corrected chi connectivity index (χ0v) is 16.8. The molecule has 1 atom stereocenters. The number of hydrogen-bond donors (Lipinski definition) is 2. The molecule has 2 aromatic rings. The minimum absolute atomic E-state index is 0.0304. The molecule has 0 radical (unpaired) electrons. The van der Waals surface area contributed by atoms with Crippen molar-refractivity contribution in [3.8, 4) is 0 Å². The Morgan fingerprint density at radius 1 is 1.21 bits per heavy atom. The first kappa shape index (κ1) is 17.6. The fraction of sp³-hybridized carbons (Fsp3) is 0.348.